The van der Waals surface area contributed by atoms with Crippen LogP contribution < -0.4 is 10.1 Å². The van der Waals surface area contributed by atoms with E-state index in [0.717, 1.165) is 42.7 Å². The van der Waals surface area contributed by atoms with Gasteiger partial charge in [0.05, 0.1) is 31.0 Å². The molecule has 168 valence electrons. The second-order valence-electron chi connectivity index (χ2n) is 8.91. The normalized spacial score (nSPS) is 18.3. The molecule has 2 aliphatic rings. The molecule has 0 unspecified atom stereocenters. The molecule has 2 fully saturated rings. The molecule has 32 heavy (non-hydrogen) atoms. The molecule has 0 bridgehead atoms. The molecule has 5 rings (SSSR count). The van der Waals surface area contributed by atoms with Gasteiger partial charge in [-0.25, -0.2) is 9.67 Å². The van der Waals surface area contributed by atoms with Crippen LogP contribution in [0.5, 0.6) is 5.75 Å². The van der Waals surface area contributed by atoms with Gasteiger partial charge in [-0.2, -0.15) is 5.10 Å². The van der Waals surface area contributed by atoms with Gasteiger partial charge >= 0.3 is 0 Å². The molecule has 2 aromatic heterocycles. The van der Waals surface area contributed by atoms with Crippen molar-refractivity contribution >= 4 is 16.9 Å². The summed E-state index contributed by atoms with van der Waals surface area (Å²) in [5.74, 6) is 0.751. The van der Waals surface area contributed by atoms with E-state index in [-0.39, 0.29) is 11.9 Å². The smallest absolute Gasteiger partial charge is 0.252 e. The highest BCUT2D eigenvalue weighted by molar-refractivity contribution is 5.96. The molecule has 3 heterocycles. The van der Waals surface area contributed by atoms with E-state index < -0.39 is 0 Å². The molecule has 1 saturated carbocycles. The molecular weight excluding hydrogens is 402 g/mol. The van der Waals surface area contributed by atoms with Crippen molar-refractivity contribution in [3.63, 3.8) is 0 Å². The minimum absolute atomic E-state index is 0.0919. The highest BCUT2D eigenvalue weighted by Gasteiger charge is 2.25. The van der Waals surface area contributed by atoms with Crippen LogP contribution in [0.15, 0.2) is 42.7 Å². The number of ether oxygens (including phenoxy) is 1. The predicted octanol–water partition coefficient (Wildman–Crippen LogP) is 4.12. The Hall–Kier alpha value is -2.93. The summed E-state index contributed by atoms with van der Waals surface area (Å²) in [4.78, 5) is 20.0. The molecule has 1 aliphatic heterocycles. The molecule has 1 N–H and O–H groups in total. The number of carbonyl (C=O) groups is 1. The van der Waals surface area contributed by atoms with Gasteiger partial charge in [-0.05, 0) is 62.5 Å². The van der Waals surface area contributed by atoms with Crippen molar-refractivity contribution in [1.82, 2.24) is 25.0 Å². The lowest BCUT2D eigenvalue weighted by atomic mass is 10.0. The number of rotatable bonds is 7. The fourth-order valence-electron chi connectivity index (χ4n) is 5.11. The van der Waals surface area contributed by atoms with Crippen molar-refractivity contribution < 1.29 is 9.53 Å². The van der Waals surface area contributed by atoms with E-state index in [0.29, 0.717) is 18.2 Å². The molecule has 3 aromatic rings. The topological polar surface area (TPSA) is 72.3 Å². The molecule has 1 aromatic carbocycles. The van der Waals surface area contributed by atoms with E-state index >= 15 is 0 Å². The van der Waals surface area contributed by atoms with Crippen LogP contribution in [0.4, 0.5) is 0 Å². The third kappa shape index (κ3) is 4.21. The summed E-state index contributed by atoms with van der Waals surface area (Å²) in [6.07, 6.45) is 10.7. The molecule has 1 saturated heterocycles. The van der Waals surface area contributed by atoms with Crippen molar-refractivity contribution in [3.8, 4) is 5.75 Å². The number of hydrogen-bond donors (Lipinski definition) is 1. The van der Waals surface area contributed by atoms with E-state index in [1.165, 1.54) is 31.2 Å². The van der Waals surface area contributed by atoms with Crippen molar-refractivity contribution in [2.24, 2.45) is 0 Å². The van der Waals surface area contributed by atoms with Gasteiger partial charge in [0.1, 0.15) is 5.75 Å². The number of nitrogens with one attached hydrogen (secondary N) is 1. The Bertz CT molecular complexity index is 1070. The van der Waals surface area contributed by atoms with Gasteiger partial charge in [0.15, 0.2) is 5.65 Å². The van der Waals surface area contributed by atoms with Gasteiger partial charge in [-0.15, -0.1) is 0 Å². The summed E-state index contributed by atoms with van der Waals surface area (Å²) in [6.45, 7) is 2.67. The Morgan fingerprint density at radius 2 is 1.88 bits per heavy atom. The van der Waals surface area contributed by atoms with Crippen LogP contribution in [0.3, 0.4) is 0 Å². The highest BCUT2D eigenvalue weighted by atomic mass is 16.5. The maximum absolute atomic E-state index is 13.0. The minimum Gasteiger partial charge on any atom is -0.497 e. The zero-order valence-electron chi connectivity index (χ0n) is 18.7. The molecule has 1 aliphatic carbocycles. The van der Waals surface area contributed by atoms with Gasteiger partial charge in [0, 0.05) is 18.1 Å². The summed E-state index contributed by atoms with van der Waals surface area (Å²) in [6, 6.07) is 10.7. The number of carbonyl (C=O) groups excluding carboxylic acids is 1. The largest absolute Gasteiger partial charge is 0.497 e. The van der Waals surface area contributed by atoms with Gasteiger partial charge < -0.3 is 10.1 Å². The number of nitrogens with zero attached hydrogens (tertiary/aromatic N) is 4. The summed E-state index contributed by atoms with van der Waals surface area (Å²) < 4.78 is 7.34. The van der Waals surface area contributed by atoms with Gasteiger partial charge in [-0.1, -0.05) is 25.0 Å². The van der Waals surface area contributed by atoms with Crippen molar-refractivity contribution in [1.29, 1.82) is 0 Å². The number of methoxy groups -OCH3 is 1. The van der Waals surface area contributed by atoms with Gasteiger partial charge in [-0.3, -0.25) is 9.69 Å². The molecule has 0 radical (unpaired) electrons. The lowest BCUT2D eigenvalue weighted by Gasteiger charge is -2.28. The lowest BCUT2D eigenvalue weighted by Crippen LogP contribution is -2.36. The Labute approximate surface area is 188 Å². The van der Waals surface area contributed by atoms with E-state index in [1.54, 1.807) is 13.3 Å². The first-order valence-corrected chi connectivity index (χ1v) is 11.7. The molecule has 7 heteroatoms. The van der Waals surface area contributed by atoms with E-state index in [9.17, 15) is 4.79 Å². The number of pyridine rings is 1. The second kappa shape index (κ2) is 9.28. The average Bonchev–Trinajstić information content (AvgIpc) is 3.60. The summed E-state index contributed by atoms with van der Waals surface area (Å²) in [5, 5.41) is 8.64. The van der Waals surface area contributed by atoms with Crippen LogP contribution in [-0.2, 0) is 0 Å². The van der Waals surface area contributed by atoms with Crippen LogP contribution in [0.1, 0.15) is 66.5 Å². The van der Waals surface area contributed by atoms with Gasteiger partial charge in [0.25, 0.3) is 5.91 Å². The zero-order valence-corrected chi connectivity index (χ0v) is 18.7. The number of aromatic nitrogens is 3. The number of fused-ring (bicyclic) bond motifs is 1. The molecule has 0 spiro atoms. The highest BCUT2D eigenvalue weighted by Crippen LogP contribution is 2.31. The van der Waals surface area contributed by atoms with Crippen molar-refractivity contribution in [3.05, 3.63) is 53.9 Å². The Balaban J connectivity index is 1.30. The third-order valence-electron chi connectivity index (χ3n) is 6.90. The third-order valence-corrected chi connectivity index (χ3v) is 6.90. The van der Waals surface area contributed by atoms with Crippen LogP contribution in [0, 0.1) is 0 Å². The predicted molar refractivity (Wildman–Crippen MR) is 124 cm³/mol. The fraction of sp³-hybridized carbons (Fsp3) is 0.480. The fourth-order valence-corrected chi connectivity index (χ4v) is 5.11. The minimum atomic E-state index is -0.0919. The number of amides is 1. The van der Waals surface area contributed by atoms with Crippen LogP contribution in [0.25, 0.3) is 11.0 Å². The van der Waals surface area contributed by atoms with E-state index in [1.807, 2.05) is 29.1 Å². The standard InChI is InChI=1S/C25H31N5O2/c1-32-22-10-8-18(9-11-22)23(29-12-4-5-13-29)17-27-25(31)20-14-19-16-28-30(24(19)26-15-20)21-6-2-3-7-21/h8-11,14-16,21,23H,2-7,12-13,17H2,1H3,(H,27,31)/t23-/m0/s1. The van der Waals surface area contributed by atoms with E-state index in [2.05, 4.69) is 32.4 Å². The Kier molecular flexibility index (Phi) is 6.08. The van der Waals surface area contributed by atoms with Crippen LogP contribution >= 0.6 is 0 Å². The first kappa shape index (κ1) is 20.9. The maximum atomic E-state index is 13.0. The zero-order chi connectivity index (χ0) is 21.9. The summed E-state index contributed by atoms with van der Waals surface area (Å²) >= 11 is 0. The lowest BCUT2D eigenvalue weighted by molar-refractivity contribution is 0.0937. The van der Waals surface area contributed by atoms with Crippen LogP contribution in [-0.4, -0.2) is 52.3 Å². The quantitative estimate of drug-likeness (QED) is 0.607. The molecule has 7 nitrogen and oxygen atoms in total. The van der Waals surface area contributed by atoms with Gasteiger partial charge in [0.2, 0.25) is 0 Å². The SMILES string of the molecule is COc1ccc([C@H](CNC(=O)c2cnc3c(cnn3C3CCCC3)c2)N2CCCC2)cc1. The second-order valence-corrected chi connectivity index (χ2v) is 8.91. The van der Waals surface area contributed by atoms with Crippen molar-refractivity contribution in [2.75, 3.05) is 26.7 Å². The first-order valence-electron chi connectivity index (χ1n) is 11.7. The first-order chi connectivity index (χ1) is 15.7. The molecular formula is C25H31N5O2. The summed E-state index contributed by atoms with van der Waals surface area (Å²) in [5.41, 5.74) is 2.65. The number of likely N-dealkylation sites (tertiary alicyclic amines) is 1. The van der Waals surface area contributed by atoms with Crippen LogP contribution in [0.2, 0.25) is 0 Å². The Morgan fingerprint density at radius 3 is 2.59 bits per heavy atom. The molecule has 1 atom stereocenters. The Morgan fingerprint density at radius 1 is 1.12 bits per heavy atom. The maximum Gasteiger partial charge on any atom is 0.252 e. The number of benzene rings is 1. The molecule has 1 amide bonds. The average molecular weight is 434 g/mol. The number of hydrogen-bond acceptors (Lipinski definition) is 5. The van der Waals surface area contributed by atoms with E-state index in [4.69, 9.17) is 4.74 Å². The van der Waals surface area contributed by atoms with Crippen molar-refractivity contribution in [2.45, 2.75) is 50.6 Å². The summed E-state index contributed by atoms with van der Waals surface area (Å²) in [7, 11) is 1.68. The monoisotopic (exact) mass is 433 g/mol.